The van der Waals surface area contributed by atoms with Crippen LogP contribution in [-0.2, 0) is 4.74 Å². The van der Waals surface area contributed by atoms with Gasteiger partial charge in [-0.2, -0.15) is 0 Å². The van der Waals surface area contributed by atoms with Crippen molar-refractivity contribution in [3.05, 3.63) is 0 Å². The van der Waals surface area contributed by atoms with Gasteiger partial charge in [-0.25, -0.2) is 0 Å². The van der Waals surface area contributed by atoms with Gasteiger partial charge in [-0.15, -0.1) is 0 Å². The first-order chi connectivity index (χ1) is 8.10. The summed E-state index contributed by atoms with van der Waals surface area (Å²) >= 11 is 0. The molecule has 2 aliphatic rings. The van der Waals surface area contributed by atoms with Gasteiger partial charge in [0, 0.05) is 6.61 Å². The molecule has 0 aromatic heterocycles. The Morgan fingerprint density at radius 1 is 1.24 bits per heavy atom. The van der Waals surface area contributed by atoms with Crippen molar-refractivity contribution in [1.29, 1.82) is 0 Å². The number of ether oxygens (including phenoxy) is 1. The third-order valence-electron chi connectivity index (χ3n) is 4.87. The smallest absolute Gasteiger partial charge is 0.0675 e. The Bertz CT molecular complexity index is 235. The number of rotatable bonds is 4. The molecular weight excluding hydrogens is 212 g/mol. The van der Waals surface area contributed by atoms with Crippen LogP contribution in [0.3, 0.4) is 0 Å². The van der Waals surface area contributed by atoms with Crippen molar-refractivity contribution < 1.29 is 9.84 Å². The fourth-order valence-corrected chi connectivity index (χ4v) is 3.57. The molecule has 1 aliphatic carbocycles. The summed E-state index contributed by atoms with van der Waals surface area (Å²) in [6.07, 6.45) is 9.65. The van der Waals surface area contributed by atoms with Crippen LogP contribution in [-0.4, -0.2) is 23.4 Å². The van der Waals surface area contributed by atoms with E-state index in [2.05, 4.69) is 13.8 Å². The van der Waals surface area contributed by atoms with Gasteiger partial charge in [0.25, 0.3) is 0 Å². The molecule has 0 amide bonds. The van der Waals surface area contributed by atoms with Crippen LogP contribution in [0.4, 0.5) is 0 Å². The Kier molecular flexibility index (Phi) is 4.48. The Labute approximate surface area is 106 Å². The lowest BCUT2D eigenvalue weighted by Gasteiger charge is -2.41. The molecule has 0 radical (unpaired) electrons. The average molecular weight is 240 g/mol. The average Bonchev–Trinajstić information content (AvgIpc) is 2.77. The van der Waals surface area contributed by atoms with Gasteiger partial charge < -0.3 is 9.84 Å². The topological polar surface area (TPSA) is 29.5 Å². The maximum Gasteiger partial charge on any atom is 0.0675 e. The van der Waals surface area contributed by atoms with Crippen molar-refractivity contribution in [2.75, 3.05) is 6.61 Å². The monoisotopic (exact) mass is 240 g/mol. The predicted octanol–water partition coefficient (Wildman–Crippen LogP) is 3.52. The summed E-state index contributed by atoms with van der Waals surface area (Å²) < 4.78 is 5.64. The van der Waals surface area contributed by atoms with E-state index in [-0.39, 0.29) is 0 Å². The zero-order chi connectivity index (χ0) is 12.3. The normalized spacial score (nSPS) is 42.9. The summed E-state index contributed by atoms with van der Waals surface area (Å²) in [6, 6.07) is 0. The van der Waals surface area contributed by atoms with E-state index in [4.69, 9.17) is 4.74 Å². The second-order valence-corrected chi connectivity index (χ2v) is 6.42. The van der Waals surface area contributed by atoms with Gasteiger partial charge in [-0.1, -0.05) is 20.3 Å². The highest BCUT2D eigenvalue weighted by Gasteiger charge is 2.38. The van der Waals surface area contributed by atoms with Crippen LogP contribution in [0.2, 0.25) is 0 Å². The van der Waals surface area contributed by atoms with E-state index < -0.39 is 5.60 Å². The first-order valence-corrected chi connectivity index (χ1v) is 7.44. The van der Waals surface area contributed by atoms with Crippen LogP contribution in [0.15, 0.2) is 0 Å². The number of aliphatic hydroxyl groups is 1. The van der Waals surface area contributed by atoms with Crippen LogP contribution in [0.1, 0.15) is 65.2 Å². The fourth-order valence-electron chi connectivity index (χ4n) is 3.57. The van der Waals surface area contributed by atoms with Crippen molar-refractivity contribution in [3.63, 3.8) is 0 Å². The van der Waals surface area contributed by atoms with Crippen molar-refractivity contribution >= 4 is 0 Å². The molecule has 17 heavy (non-hydrogen) atoms. The van der Waals surface area contributed by atoms with Crippen LogP contribution >= 0.6 is 0 Å². The molecule has 0 aromatic rings. The first kappa shape index (κ1) is 13.4. The zero-order valence-electron chi connectivity index (χ0n) is 11.5. The zero-order valence-corrected chi connectivity index (χ0v) is 11.5. The maximum atomic E-state index is 10.7. The second kappa shape index (κ2) is 5.71. The molecular formula is C15H28O2. The number of hydrogen-bond donors (Lipinski definition) is 1. The van der Waals surface area contributed by atoms with Crippen molar-refractivity contribution in [1.82, 2.24) is 0 Å². The summed E-state index contributed by atoms with van der Waals surface area (Å²) in [7, 11) is 0. The van der Waals surface area contributed by atoms with E-state index in [0.29, 0.717) is 17.9 Å². The van der Waals surface area contributed by atoms with Crippen molar-refractivity contribution in [3.8, 4) is 0 Å². The fraction of sp³-hybridized carbons (Fsp3) is 1.00. The Morgan fingerprint density at radius 2 is 2.06 bits per heavy atom. The summed E-state index contributed by atoms with van der Waals surface area (Å²) in [6.45, 7) is 5.44. The molecule has 2 fully saturated rings. The van der Waals surface area contributed by atoms with Crippen LogP contribution in [0.25, 0.3) is 0 Å². The van der Waals surface area contributed by atoms with Crippen LogP contribution in [0.5, 0.6) is 0 Å². The van der Waals surface area contributed by atoms with E-state index >= 15 is 0 Å². The first-order valence-electron chi connectivity index (χ1n) is 7.44. The molecule has 1 saturated carbocycles. The van der Waals surface area contributed by atoms with E-state index in [9.17, 15) is 5.11 Å². The predicted molar refractivity (Wildman–Crippen MR) is 70.0 cm³/mol. The standard InChI is InChI=1S/C15H28O2/c1-12-7-8-13(2)15(16,11-12)9-3-5-14-6-4-10-17-14/h12-14,16H,3-11H2,1-2H3. The quantitative estimate of drug-likeness (QED) is 0.814. The lowest BCUT2D eigenvalue weighted by atomic mass is 9.70. The van der Waals surface area contributed by atoms with E-state index in [0.717, 1.165) is 32.3 Å². The minimum absolute atomic E-state index is 0.393. The molecule has 0 bridgehead atoms. The Hall–Kier alpha value is -0.0800. The molecule has 2 rings (SSSR count). The molecule has 0 aromatic carbocycles. The third kappa shape index (κ3) is 3.45. The van der Waals surface area contributed by atoms with Gasteiger partial charge in [0.15, 0.2) is 0 Å². The van der Waals surface area contributed by atoms with Gasteiger partial charge in [-0.3, -0.25) is 0 Å². The van der Waals surface area contributed by atoms with Gasteiger partial charge in [-0.05, 0) is 56.8 Å². The highest BCUT2D eigenvalue weighted by molar-refractivity contribution is 4.90. The SMILES string of the molecule is CC1CCC(C)C(O)(CCCC2CCCO2)C1. The molecule has 1 saturated heterocycles. The lowest BCUT2D eigenvalue weighted by Crippen LogP contribution is -2.41. The van der Waals surface area contributed by atoms with E-state index in [1.807, 2.05) is 0 Å². The summed E-state index contributed by atoms with van der Waals surface area (Å²) in [5.74, 6) is 1.17. The number of hydrogen-bond acceptors (Lipinski definition) is 2. The van der Waals surface area contributed by atoms with Crippen molar-refractivity contribution in [2.45, 2.75) is 76.9 Å². The minimum atomic E-state index is -0.393. The lowest BCUT2D eigenvalue weighted by molar-refractivity contribution is -0.0660. The second-order valence-electron chi connectivity index (χ2n) is 6.42. The summed E-state index contributed by atoms with van der Waals surface area (Å²) in [5, 5.41) is 10.7. The molecule has 1 aliphatic heterocycles. The highest BCUT2D eigenvalue weighted by Crippen LogP contribution is 2.40. The highest BCUT2D eigenvalue weighted by atomic mass is 16.5. The summed E-state index contributed by atoms with van der Waals surface area (Å²) in [4.78, 5) is 0. The van der Waals surface area contributed by atoms with E-state index in [1.165, 1.54) is 25.7 Å². The van der Waals surface area contributed by atoms with Gasteiger partial charge >= 0.3 is 0 Å². The molecule has 0 spiro atoms. The van der Waals surface area contributed by atoms with Gasteiger partial charge in [0.1, 0.15) is 0 Å². The molecule has 2 nitrogen and oxygen atoms in total. The molecule has 1 heterocycles. The Balaban J connectivity index is 1.75. The van der Waals surface area contributed by atoms with Crippen LogP contribution < -0.4 is 0 Å². The largest absolute Gasteiger partial charge is 0.390 e. The van der Waals surface area contributed by atoms with E-state index in [1.54, 1.807) is 0 Å². The van der Waals surface area contributed by atoms with Crippen molar-refractivity contribution in [2.24, 2.45) is 11.8 Å². The van der Waals surface area contributed by atoms with Crippen LogP contribution in [0, 0.1) is 11.8 Å². The Morgan fingerprint density at radius 3 is 2.76 bits per heavy atom. The van der Waals surface area contributed by atoms with Gasteiger partial charge in [0.2, 0.25) is 0 Å². The minimum Gasteiger partial charge on any atom is -0.390 e. The molecule has 4 unspecified atom stereocenters. The molecule has 100 valence electrons. The molecule has 2 heteroatoms. The maximum absolute atomic E-state index is 10.7. The third-order valence-corrected chi connectivity index (χ3v) is 4.87. The molecule has 1 N–H and O–H groups in total. The van der Waals surface area contributed by atoms with Gasteiger partial charge in [0.05, 0.1) is 11.7 Å². The molecule has 4 atom stereocenters. The summed E-state index contributed by atoms with van der Waals surface area (Å²) in [5.41, 5.74) is -0.393.